The van der Waals surface area contributed by atoms with Crippen LogP contribution in [0.5, 0.6) is 0 Å². The summed E-state index contributed by atoms with van der Waals surface area (Å²) in [7, 11) is 0. The van der Waals surface area contributed by atoms with Crippen LogP contribution >= 0.6 is 0 Å². The Hall–Kier alpha value is -2.38. The molecule has 3 aromatic rings. The monoisotopic (exact) mass is 372 g/mol. The van der Waals surface area contributed by atoms with Crippen LogP contribution in [0.25, 0.3) is 22.3 Å². The normalized spacial score (nSPS) is 11.0. The summed E-state index contributed by atoms with van der Waals surface area (Å²) in [5.74, 6) is 0. The first-order chi connectivity index (χ1) is 13.7. The van der Waals surface area contributed by atoms with Crippen molar-refractivity contribution >= 4 is 0 Å². The van der Waals surface area contributed by atoms with Crippen molar-refractivity contribution in [3.63, 3.8) is 0 Å². The van der Waals surface area contributed by atoms with E-state index < -0.39 is 0 Å². The van der Waals surface area contributed by atoms with Gasteiger partial charge in [-0.05, 0) is 58.2 Å². The van der Waals surface area contributed by atoms with Crippen LogP contribution < -0.4 is 0 Å². The molecular weight excluding hydrogens is 340 g/mol. The van der Waals surface area contributed by atoms with Crippen LogP contribution in [0.15, 0.2) is 66.7 Å². The van der Waals surface area contributed by atoms with Gasteiger partial charge in [-0.3, -0.25) is 0 Å². The van der Waals surface area contributed by atoms with Crippen LogP contribution in [0.4, 0.5) is 0 Å². The minimum atomic E-state index is 0.0980. The summed E-state index contributed by atoms with van der Waals surface area (Å²) in [6.07, 6.45) is 7.40. The van der Waals surface area contributed by atoms with Gasteiger partial charge in [0.2, 0.25) is 0 Å². The second-order valence-electron chi connectivity index (χ2n) is 7.59. The van der Waals surface area contributed by atoms with Gasteiger partial charge in [0.1, 0.15) is 0 Å². The Labute approximate surface area is 170 Å². The minimum Gasteiger partial charge on any atom is -0.392 e. The van der Waals surface area contributed by atoms with Crippen molar-refractivity contribution in [1.29, 1.82) is 0 Å². The number of unbranched alkanes of at least 4 members (excludes halogenated alkanes) is 3. The largest absolute Gasteiger partial charge is 0.392 e. The van der Waals surface area contributed by atoms with E-state index >= 15 is 0 Å². The van der Waals surface area contributed by atoms with Crippen molar-refractivity contribution < 1.29 is 5.11 Å². The van der Waals surface area contributed by atoms with Crippen molar-refractivity contribution in [3.8, 4) is 22.3 Å². The SMILES string of the molecule is CCCCCCc1ccc(-c2ccc(-c3ccc(CO)cc3CC)cc2)cc1. The summed E-state index contributed by atoms with van der Waals surface area (Å²) in [6.45, 7) is 4.52. The van der Waals surface area contributed by atoms with Gasteiger partial charge in [-0.15, -0.1) is 0 Å². The maximum absolute atomic E-state index is 9.37. The van der Waals surface area contributed by atoms with E-state index in [-0.39, 0.29) is 6.61 Å². The van der Waals surface area contributed by atoms with Gasteiger partial charge in [-0.1, -0.05) is 99.8 Å². The summed E-state index contributed by atoms with van der Waals surface area (Å²) < 4.78 is 0. The molecule has 146 valence electrons. The van der Waals surface area contributed by atoms with E-state index in [9.17, 15) is 5.11 Å². The Morgan fingerprint density at radius 3 is 1.86 bits per heavy atom. The van der Waals surface area contributed by atoms with Gasteiger partial charge in [0.05, 0.1) is 6.61 Å². The van der Waals surface area contributed by atoms with E-state index in [0.29, 0.717) is 0 Å². The number of hydrogen-bond donors (Lipinski definition) is 1. The molecule has 0 spiro atoms. The molecule has 0 fully saturated rings. The summed E-state index contributed by atoms with van der Waals surface area (Å²) in [5.41, 5.74) is 8.72. The first-order valence-corrected chi connectivity index (χ1v) is 10.7. The number of benzene rings is 3. The summed E-state index contributed by atoms with van der Waals surface area (Å²) in [5, 5.41) is 9.37. The van der Waals surface area contributed by atoms with Crippen LogP contribution in [0.1, 0.15) is 56.2 Å². The van der Waals surface area contributed by atoms with E-state index in [4.69, 9.17) is 0 Å². The van der Waals surface area contributed by atoms with E-state index in [1.54, 1.807) is 0 Å². The molecular formula is C27H32O. The fourth-order valence-electron chi connectivity index (χ4n) is 3.78. The van der Waals surface area contributed by atoms with Crippen molar-refractivity contribution in [2.75, 3.05) is 0 Å². The lowest BCUT2D eigenvalue weighted by Gasteiger charge is -2.11. The van der Waals surface area contributed by atoms with E-state index in [2.05, 4.69) is 74.5 Å². The molecule has 0 radical (unpaired) electrons. The zero-order valence-corrected chi connectivity index (χ0v) is 17.2. The molecule has 0 saturated carbocycles. The van der Waals surface area contributed by atoms with Gasteiger partial charge < -0.3 is 5.11 Å². The molecule has 0 bridgehead atoms. The molecule has 0 saturated heterocycles. The van der Waals surface area contributed by atoms with Crippen LogP contribution in [-0.2, 0) is 19.4 Å². The van der Waals surface area contributed by atoms with Crippen LogP contribution in [-0.4, -0.2) is 5.11 Å². The zero-order valence-electron chi connectivity index (χ0n) is 17.2. The highest BCUT2D eigenvalue weighted by atomic mass is 16.3. The molecule has 3 rings (SSSR count). The first kappa shape index (κ1) is 20.4. The van der Waals surface area contributed by atoms with E-state index in [1.165, 1.54) is 65.5 Å². The fraction of sp³-hybridized carbons (Fsp3) is 0.333. The van der Waals surface area contributed by atoms with E-state index in [0.717, 1.165) is 12.0 Å². The summed E-state index contributed by atoms with van der Waals surface area (Å²) in [4.78, 5) is 0. The standard InChI is InChI=1S/C27H32O/c1-3-5-6-7-8-21-9-12-24(13-10-21)25-14-16-26(17-15-25)27-18-11-22(20-28)19-23(27)4-2/h9-19,28H,3-8,20H2,1-2H3. The molecule has 0 aliphatic rings. The Balaban J connectivity index is 1.72. The molecule has 0 aromatic heterocycles. The smallest absolute Gasteiger partial charge is 0.0681 e. The van der Waals surface area contributed by atoms with E-state index in [1.807, 2.05) is 6.07 Å². The first-order valence-electron chi connectivity index (χ1n) is 10.7. The summed E-state index contributed by atoms with van der Waals surface area (Å²) in [6, 6.07) is 24.2. The molecule has 0 atom stereocenters. The highest BCUT2D eigenvalue weighted by molar-refractivity contribution is 5.72. The Bertz CT molecular complexity index is 860. The predicted octanol–water partition coefficient (Wildman–Crippen LogP) is 7.20. The average Bonchev–Trinajstić information content (AvgIpc) is 2.77. The van der Waals surface area contributed by atoms with Crippen molar-refractivity contribution in [3.05, 3.63) is 83.4 Å². The summed E-state index contributed by atoms with van der Waals surface area (Å²) >= 11 is 0. The van der Waals surface area contributed by atoms with Gasteiger partial charge in [0.25, 0.3) is 0 Å². The zero-order chi connectivity index (χ0) is 19.8. The quantitative estimate of drug-likeness (QED) is 0.394. The van der Waals surface area contributed by atoms with Gasteiger partial charge in [-0.2, -0.15) is 0 Å². The Morgan fingerprint density at radius 2 is 1.25 bits per heavy atom. The van der Waals surface area contributed by atoms with Crippen LogP contribution in [0.3, 0.4) is 0 Å². The molecule has 0 aliphatic heterocycles. The number of rotatable bonds is 9. The molecule has 0 aliphatic carbocycles. The number of aliphatic hydroxyl groups is 1. The Kier molecular flexibility index (Phi) is 7.45. The number of hydrogen-bond acceptors (Lipinski definition) is 1. The second kappa shape index (κ2) is 10.2. The van der Waals surface area contributed by atoms with Gasteiger partial charge >= 0.3 is 0 Å². The topological polar surface area (TPSA) is 20.2 Å². The minimum absolute atomic E-state index is 0.0980. The van der Waals surface area contributed by atoms with Crippen LogP contribution in [0.2, 0.25) is 0 Å². The molecule has 3 aromatic carbocycles. The molecule has 1 nitrogen and oxygen atoms in total. The van der Waals surface area contributed by atoms with Crippen molar-refractivity contribution in [2.24, 2.45) is 0 Å². The third-order valence-corrected chi connectivity index (χ3v) is 5.54. The Morgan fingerprint density at radius 1 is 0.643 bits per heavy atom. The highest BCUT2D eigenvalue weighted by Crippen LogP contribution is 2.28. The maximum Gasteiger partial charge on any atom is 0.0681 e. The molecule has 0 unspecified atom stereocenters. The molecule has 28 heavy (non-hydrogen) atoms. The van der Waals surface area contributed by atoms with Gasteiger partial charge in [0.15, 0.2) is 0 Å². The third-order valence-electron chi connectivity index (χ3n) is 5.54. The predicted molar refractivity (Wildman–Crippen MR) is 120 cm³/mol. The highest BCUT2D eigenvalue weighted by Gasteiger charge is 2.06. The lowest BCUT2D eigenvalue weighted by atomic mass is 9.94. The van der Waals surface area contributed by atoms with Crippen molar-refractivity contribution in [1.82, 2.24) is 0 Å². The average molecular weight is 373 g/mol. The van der Waals surface area contributed by atoms with Gasteiger partial charge in [0, 0.05) is 0 Å². The molecule has 1 N–H and O–H groups in total. The lowest BCUT2D eigenvalue weighted by Crippen LogP contribution is -1.92. The molecule has 0 amide bonds. The maximum atomic E-state index is 9.37. The fourth-order valence-corrected chi connectivity index (χ4v) is 3.78. The molecule has 0 heterocycles. The van der Waals surface area contributed by atoms with Crippen LogP contribution in [0, 0.1) is 0 Å². The van der Waals surface area contributed by atoms with Crippen molar-refractivity contribution in [2.45, 2.75) is 59.0 Å². The lowest BCUT2D eigenvalue weighted by molar-refractivity contribution is 0.282. The number of aryl methyl sites for hydroxylation is 2. The second-order valence-corrected chi connectivity index (χ2v) is 7.59. The third kappa shape index (κ3) is 5.11. The van der Waals surface area contributed by atoms with Gasteiger partial charge in [-0.25, -0.2) is 0 Å². The number of aliphatic hydroxyl groups excluding tert-OH is 1. The molecule has 1 heteroatoms.